The molecule has 2 amide bonds. The van der Waals surface area contributed by atoms with Crippen LogP contribution in [-0.4, -0.2) is 23.5 Å². The Bertz CT molecular complexity index is 954. The van der Waals surface area contributed by atoms with E-state index in [1.165, 1.54) is 19.1 Å². The highest BCUT2D eigenvalue weighted by molar-refractivity contribution is 5.98. The van der Waals surface area contributed by atoms with Crippen LogP contribution in [0.2, 0.25) is 0 Å². The first-order chi connectivity index (χ1) is 13.4. The lowest BCUT2D eigenvalue weighted by Gasteiger charge is -2.51. The molecule has 0 aliphatic carbocycles. The number of amides is 2. The molecule has 29 heavy (non-hydrogen) atoms. The Hall–Kier alpha value is -2.83. The van der Waals surface area contributed by atoms with E-state index in [2.05, 4.69) is 0 Å². The first-order valence-corrected chi connectivity index (χ1v) is 9.25. The molecule has 3 rings (SSSR count). The maximum atomic E-state index is 12.7. The molecular weight excluding hydrogens is 381 g/mol. The molecule has 4 nitrogen and oxygen atoms in total. The van der Waals surface area contributed by atoms with Crippen molar-refractivity contribution in [1.82, 2.24) is 0 Å². The average molecular weight is 404 g/mol. The number of fused-ring (bicyclic) bond motifs is 1. The van der Waals surface area contributed by atoms with Gasteiger partial charge in [-0.25, -0.2) is 0 Å². The third-order valence-electron chi connectivity index (χ3n) is 5.46. The van der Waals surface area contributed by atoms with E-state index in [1.54, 1.807) is 11.0 Å². The van der Waals surface area contributed by atoms with Gasteiger partial charge in [0.1, 0.15) is 0 Å². The number of hydrogen-bond donors (Lipinski definition) is 1. The van der Waals surface area contributed by atoms with Crippen molar-refractivity contribution in [3.63, 3.8) is 0 Å². The van der Waals surface area contributed by atoms with Crippen LogP contribution in [0.5, 0.6) is 0 Å². The molecule has 0 saturated carbocycles. The number of alkyl halides is 3. The Morgan fingerprint density at radius 2 is 1.66 bits per heavy atom. The van der Waals surface area contributed by atoms with Gasteiger partial charge in [-0.15, -0.1) is 0 Å². The first kappa shape index (κ1) is 20.9. The molecule has 0 aromatic heterocycles. The van der Waals surface area contributed by atoms with Gasteiger partial charge in [-0.05, 0) is 49.6 Å². The lowest BCUT2D eigenvalue weighted by atomic mass is 9.65. The fraction of sp³-hybridized carbons (Fsp3) is 0.364. The number of hydrogen-bond acceptors (Lipinski definition) is 2. The molecule has 0 saturated heterocycles. The van der Waals surface area contributed by atoms with E-state index in [1.807, 2.05) is 56.4 Å². The third-order valence-corrected chi connectivity index (χ3v) is 5.46. The number of nitrogens with zero attached hydrogens (tertiary/aromatic N) is 1. The summed E-state index contributed by atoms with van der Waals surface area (Å²) in [6.07, 6.45) is -4.42. The van der Waals surface area contributed by atoms with Crippen molar-refractivity contribution >= 4 is 23.2 Å². The predicted molar refractivity (Wildman–Crippen MR) is 106 cm³/mol. The second-order valence-electron chi connectivity index (χ2n) is 8.23. The van der Waals surface area contributed by atoms with Crippen LogP contribution < -0.4 is 10.2 Å². The maximum Gasteiger partial charge on any atom is 0.471 e. The minimum Gasteiger partial charge on any atom is -0.318 e. The van der Waals surface area contributed by atoms with Crippen LogP contribution >= 0.6 is 0 Å². The van der Waals surface area contributed by atoms with Gasteiger partial charge in [-0.3, -0.25) is 9.59 Å². The van der Waals surface area contributed by atoms with Crippen molar-refractivity contribution in [3.05, 3.63) is 59.7 Å². The number of anilines is 2. The Kier molecular flexibility index (Phi) is 4.97. The Morgan fingerprint density at radius 1 is 1.03 bits per heavy atom. The molecule has 1 N–H and O–H groups in total. The van der Waals surface area contributed by atoms with Crippen molar-refractivity contribution in [2.75, 3.05) is 10.2 Å². The van der Waals surface area contributed by atoms with Crippen LogP contribution in [-0.2, 0) is 15.0 Å². The van der Waals surface area contributed by atoms with Gasteiger partial charge in [0.05, 0.1) is 0 Å². The van der Waals surface area contributed by atoms with Crippen LogP contribution in [0.4, 0.5) is 24.5 Å². The Labute approximate surface area is 167 Å². The fourth-order valence-electron chi connectivity index (χ4n) is 4.48. The van der Waals surface area contributed by atoms with Crippen LogP contribution in [0.1, 0.15) is 45.2 Å². The van der Waals surface area contributed by atoms with Gasteiger partial charge in [0.2, 0.25) is 5.91 Å². The fourth-order valence-corrected chi connectivity index (χ4v) is 4.48. The van der Waals surface area contributed by atoms with E-state index in [9.17, 15) is 22.8 Å². The molecule has 0 bridgehead atoms. The maximum absolute atomic E-state index is 12.7. The summed E-state index contributed by atoms with van der Waals surface area (Å²) in [4.78, 5) is 25.5. The zero-order valence-corrected chi connectivity index (χ0v) is 16.7. The summed E-state index contributed by atoms with van der Waals surface area (Å²) in [7, 11) is 0. The average Bonchev–Trinajstić information content (AvgIpc) is 2.61. The lowest BCUT2D eigenvalue weighted by molar-refractivity contribution is -0.167. The standard InChI is InChI=1S/C22H23F3N2O2/c1-14(28)27-18-11-10-16(26-19(29)22(23,24)25)12-17(18)21(4,13-20(27,2)3)15-8-6-5-7-9-15/h5-12H,13H2,1-4H3,(H,26,29)/t21-/m0/s1. The number of halogens is 3. The molecule has 0 unspecified atom stereocenters. The summed E-state index contributed by atoms with van der Waals surface area (Å²) in [5, 5.41) is 1.92. The van der Waals surface area contributed by atoms with Gasteiger partial charge in [0.25, 0.3) is 0 Å². The topological polar surface area (TPSA) is 49.4 Å². The number of carbonyl (C=O) groups excluding carboxylic acids is 2. The molecule has 1 atom stereocenters. The van der Waals surface area contributed by atoms with Gasteiger partial charge in [0.15, 0.2) is 0 Å². The Morgan fingerprint density at radius 3 is 2.21 bits per heavy atom. The van der Waals surface area contributed by atoms with Gasteiger partial charge < -0.3 is 10.2 Å². The van der Waals surface area contributed by atoms with Crippen molar-refractivity contribution in [3.8, 4) is 0 Å². The summed E-state index contributed by atoms with van der Waals surface area (Å²) in [6.45, 7) is 7.42. The monoisotopic (exact) mass is 404 g/mol. The summed E-state index contributed by atoms with van der Waals surface area (Å²) < 4.78 is 38.1. The molecule has 1 aliphatic rings. The molecule has 2 aromatic rings. The van der Waals surface area contributed by atoms with Gasteiger partial charge in [-0.2, -0.15) is 13.2 Å². The van der Waals surface area contributed by atoms with E-state index in [0.29, 0.717) is 17.7 Å². The van der Waals surface area contributed by atoms with E-state index in [0.717, 1.165) is 5.56 Å². The summed E-state index contributed by atoms with van der Waals surface area (Å²) in [6, 6.07) is 14.2. The van der Waals surface area contributed by atoms with Crippen LogP contribution in [0, 0.1) is 0 Å². The van der Waals surface area contributed by atoms with Gasteiger partial charge >= 0.3 is 12.1 Å². The SMILES string of the molecule is CC(=O)N1c2ccc(NC(=O)C(F)(F)F)cc2[C@](C)(c2ccccc2)CC1(C)C. The molecule has 0 radical (unpaired) electrons. The molecule has 1 heterocycles. The minimum atomic E-state index is -4.98. The van der Waals surface area contributed by atoms with E-state index in [4.69, 9.17) is 0 Å². The van der Waals surface area contributed by atoms with Crippen molar-refractivity contribution in [2.24, 2.45) is 0 Å². The molecule has 154 valence electrons. The predicted octanol–water partition coefficient (Wildman–Crippen LogP) is 5.03. The van der Waals surface area contributed by atoms with E-state index < -0.39 is 23.0 Å². The van der Waals surface area contributed by atoms with E-state index in [-0.39, 0.29) is 11.6 Å². The minimum absolute atomic E-state index is 0.0384. The molecule has 0 fully saturated rings. The highest BCUT2D eigenvalue weighted by atomic mass is 19.4. The first-order valence-electron chi connectivity index (χ1n) is 9.25. The Balaban J connectivity index is 2.20. The highest BCUT2D eigenvalue weighted by Crippen LogP contribution is 2.51. The normalized spacial score (nSPS) is 20.7. The molecule has 2 aromatic carbocycles. The quantitative estimate of drug-likeness (QED) is 0.763. The number of benzene rings is 2. The van der Waals surface area contributed by atoms with Crippen molar-refractivity contribution in [1.29, 1.82) is 0 Å². The third kappa shape index (κ3) is 3.73. The summed E-state index contributed by atoms with van der Waals surface area (Å²) in [5.41, 5.74) is 1.27. The summed E-state index contributed by atoms with van der Waals surface area (Å²) >= 11 is 0. The number of carbonyl (C=O) groups is 2. The number of nitrogens with one attached hydrogen (secondary N) is 1. The molecule has 7 heteroatoms. The van der Waals surface area contributed by atoms with Crippen molar-refractivity contribution in [2.45, 2.75) is 51.2 Å². The lowest BCUT2D eigenvalue weighted by Crippen LogP contribution is -2.55. The molecule has 1 aliphatic heterocycles. The second kappa shape index (κ2) is 6.90. The molecule has 0 spiro atoms. The zero-order valence-electron chi connectivity index (χ0n) is 16.7. The zero-order chi connectivity index (χ0) is 21.6. The molecular formula is C22H23F3N2O2. The van der Waals surface area contributed by atoms with Crippen molar-refractivity contribution < 1.29 is 22.8 Å². The second-order valence-corrected chi connectivity index (χ2v) is 8.23. The highest BCUT2D eigenvalue weighted by Gasteiger charge is 2.47. The smallest absolute Gasteiger partial charge is 0.318 e. The van der Waals surface area contributed by atoms with Gasteiger partial charge in [0, 0.05) is 29.3 Å². The number of rotatable bonds is 2. The van der Waals surface area contributed by atoms with Crippen LogP contribution in [0.3, 0.4) is 0 Å². The van der Waals surface area contributed by atoms with Crippen LogP contribution in [0.15, 0.2) is 48.5 Å². The largest absolute Gasteiger partial charge is 0.471 e. The summed E-state index contributed by atoms with van der Waals surface area (Å²) in [5.74, 6) is -2.18. The van der Waals surface area contributed by atoms with Gasteiger partial charge in [-0.1, -0.05) is 37.3 Å². The van der Waals surface area contributed by atoms with Crippen LogP contribution in [0.25, 0.3) is 0 Å². The van der Waals surface area contributed by atoms with E-state index >= 15 is 0 Å².